The zero-order chi connectivity index (χ0) is 23.8. The van der Waals surface area contributed by atoms with Crippen LogP contribution >= 0.6 is 0 Å². The number of amidine groups is 1. The van der Waals surface area contributed by atoms with Crippen LogP contribution in [0.2, 0.25) is 0 Å². The Balaban J connectivity index is 1.67. The molecule has 1 aliphatic heterocycles. The molecule has 1 fully saturated rings. The lowest BCUT2D eigenvalue weighted by Crippen LogP contribution is -2.61. The molecule has 0 saturated heterocycles. The van der Waals surface area contributed by atoms with E-state index in [0.29, 0.717) is 6.07 Å². The van der Waals surface area contributed by atoms with Crippen LogP contribution in [0, 0.1) is 11.6 Å². The Bertz CT molecular complexity index is 1080. The summed E-state index contributed by atoms with van der Waals surface area (Å²) in [5.41, 5.74) is 6.83. The van der Waals surface area contributed by atoms with Crippen LogP contribution in [-0.4, -0.2) is 28.0 Å². The predicted molar refractivity (Wildman–Crippen MR) is 105 cm³/mol. The van der Waals surface area contributed by atoms with Gasteiger partial charge in [0.2, 0.25) is 5.92 Å². The van der Waals surface area contributed by atoms with Crippen molar-refractivity contribution in [2.45, 2.75) is 37.4 Å². The summed E-state index contributed by atoms with van der Waals surface area (Å²) in [6.45, 7) is 0. The second-order valence-electron chi connectivity index (χ2n) is 7.57. The Kier molecular flexibility index (Phi) is 6.01. The summed E-state index contributed by atoms with van der Waals surface area (Å²) in [6.07, 6.45) is -4.04. The zero-order valence-corrected chi connectivity index (χ0v) is 16.7. The van der Waals surface area contributed by atoms with Crippen molar-refractivity contribution in [3.05, 3.63) is 65.5 Å². The maximum atomic E-state index is 13.6. The minimum atomic E-state index is -4.69. The van der Waals surface area contributed by atoms with Crippen molar-refractivity contribution in [3.63, 3.8) is 0 Å². The smallest absolute Gasteiger partial charge is 0.285 e. The van der Waals surface area contributed by atoms with Crippen LogP contribution in [0.5, 0.6) is 0 Å². The molecule has 176 valence electrons. The maximum Gasteiger partial charge on any atom is 0.433 e. The topological polar surface area (TPSA) is 64.6 Å². The van der Waals surface area contributed by atoms with Crippen molar-refractivity contribution in [2.24, 2.45) is 4.99 Å². The molecule has 1 saturated carbocycles. The number of halogens is 7. The van der Waals surface area contributed by atoms with Gasteiger partial charge in [-0.05, 0) is 30.7 Å². The molecule has 13 heteroatoms. The summed E-state index contributed by atoms with van der Waals surface area (Å²) >= 11 is 0. The summed E-state index contributed by atoms with van der Waals surface area (Å²) < 4.78 is 93.5. The van der Waals surface area contributed by atoms with Gasteiger partial charge < -0.3 is 0 Å². The molecule has 1 aromatic carbocycles. The largest absolute Gasteiger partial charge is 0.433 e. The first kappa shape index (κ1) is 23.0. The van der Waals surface area contributed by atoms with E-state index >= 15 is 0 Å². The summed E-state index contributed by atoms with van der Waals surface area (Å²) in [7, 11) is 0. The zero-order valence-electron chi connectivity index (χ0n) is 16.7. The van der Waals surface area contributed by atoms with Gasteiger partial charge in [-0.1, -0.05) is 11.3 Å². The maximum absolute atomic E-state index is 13.6. The Morgan fingerprint density at radius 1 is 1.09 bits per heavy atom. The number of alkyl halides is 5. The molecule has 2 aliphatic rings. The first-order valence-electron chi connectivity index (χ1n) is 9.75. The van der Waals surface area contributed by atoms with E-state index in [0.717, 1.165) is 29.5 Å². The van der Waals surface area contributed by atoms with Crippen molar-refractivity contribution in [1.82, 2.24) is 26.5 Å². The van der Waals surface area contributed by atoms with Crippen LogP contribution in [0.25, 0.3) is 5.70 Å². The summed E-state index contributed by atoms with van der Waals surface area (Å²) in [6, 6.07) is 5.16. The van der Waals surface area contributed by atoms with Crippen molar-refractivity contribution in [3.8, 4) is 0 Å². The van der Waals surface area contributed by atoms with Crippen LogP contribution in [-0.2, 0) is 6.18 Å². The average Bonchev–Trinajstić information content (AvgIpc) is 3.04. The van der Waals surface area contributed by atoms with Gasteiger partial charge in [-0.15, -0.1) is 0 Å². The Hall–Kier alpha value is -3.19. The van der Waals surface area contributed by atoms with Gasteiger partial charge in [0.25, 0.3) is 0 Å². The second kappa shape index (κ2) is 8.63. The van der Waals surface area contributed by atoms with E-state index in [2.05, 4.69) is 26.3 Å². The normalized spacial score (nSPS) is 22.1. The van der Waals surface area contributed by atoms with E-state index in [4.69, 9.17) is 0 Å². The highest BCUT2D eigenvalue weighted by Gasteiger charge is 2.40. The molecular formula is C20H17F7N6. The first-order chi connectivity index (χ1) is 15.5. The molecule has 6 nitrogen and oxygen atoms in total. The molecule has 1 unspecified atom stereocenters. The number of aromatic nitrogens is 1. The third-order valence-electron chi connectivity index (χ3n) is 4.87. The minimum Gasteiger partial charge on any atom is -0.285 e. The number of pyridine rings is 1. The van der Waals surface area contributed by atoms with Gasteiger partial charge >= 0.3 is 6.18 Å². The highest BCUT2D eigenvalue weighted by molar-refractivity contribution is 6.00. The van der Waals surface area contributed by atoms with Gasteiger partial charge in [0.1, 0.15) is 23.2 Å². The molecule has 2 heterocycles. The fourth-order valence-electron chi connectivity index (χ4n) is 3.45. The predicted octanol–water partition coefficient (Wildman–Crippen LogP) is 4.47. The lowest BCUT2D eigenvalue weighted by Gasteiger charge is -2.33. The molecule has 0 amide bonds. The number of nitrogens with zero attached hydrogens (tertiary/aromatic N) is 3. The molecule has 0 bridgehead atoms. The van der Waals surface area contributed by atoms with E-state index in [1.807, 2.05) is 0 Å². The lowest BCUT2D eigenvalue weighted by atomic mass is 10.2. The number of hydrogen-bond donors (Lipinski definition) is 3. The Morgan fingerprint density at radius 3 is 2.45 bits per heavy atom. The second-order valence-corrected chi connectivity index (χ2v) is 7.57. The molecular weight excluding hydrogens is 457 g/mol. The Labute approximate surface area is 183 Å². The fourth-order valence-corrected chi connectivity index (χ4v) is 3.45. The third-order valence-corrected chi connectivity index (χ3v) is 4.87. The van der Waals surface area contributed by atoms with Crippen LogP contribution in [0.3, 0.4) is 0 Å². The van der Waals surface area contributed by atoms with E-state index < -0.39 is 41.9 Å². The number of benzene rings is 1. The quantitative estimate of drug-likeness (QED) is 0.571. The Morgan fingerprint density at radius 2 is 1.82 bits per heavy atom. The summed E-state index contributed by atoms with van der Waals surface area (Å²) in [4.78, 5) is 7.66. The fraction of sp³-hybridized carbons (Fsp3) is 0.300. The number of nitrogens with one attached hydrogen (secondary N) is 3. The first-order valence-corrected chi connectivity index (χ1v) is 9.75. The molecule has 0 spiro atoms. The van der Waals surface area contributed by atoms with Crippen molar-refractivity contribution >= 4 is 17.2 Å². The standard InChI is InChI=1S/C20H17F7N6/c21-11-6-12(22)8-14(7-11)28-18-9-16(15-2-1-3-17(29-15)20(25,26)27)31-33(32-18)30-13-4-5-19(23,24)10-13/h1-3,6-9,13,30-31H,4-5,10H2,(H,28,32). The van der Waals surface area contributed by atoms with Gasteiger partial charge in [0.15, 0.2) is 0 Å². The van der Waals surface area contributed by atoms with Gasteiger partial charge in [-0.3, -0.25) is 10.9 Å². The van der Waals surface area contributed by atoms with Gasteiger partial charge in [-0.25, -0.2) is 33.0 Å². The molecule has 1 aliphatic carbocycles. The van der Waals surface area contributed by atoms with Crippen LogP contribution in [0.15, 0.2) is 47.5 Å². The molecule has 2 aromatic rings. The molecule has 1 aromatic heterocycles. The van der Waals surface area contributed by atoms with Crippen LogP contribution in [0.4, 0.5) is 36.4 Å². The minimum absolute atomic E-state index is 0.0349. The van der Waals surface area contributed by atoms with Gasteiger partial charge in [-0.2, -0.15) is 13.2 Å². The summed E-state index contributed by atoms with van der Waals surface area (Å²) in [5, 5.41) is 1.05. The number of hydrazine groups is 3. The van der Waals surface area contributed by atoms with Crippen LogP contribution in [0.1, 0.15) is 30.7 Å². The average molecular weight is 474 g/mol. The monoisotopic (exact) mass is 474 g/mol. The van der Waals surface area contributed by atoms with E-state index in [9.17, 15) is 30.7 Å². The van der Waals surface area contributed by atoms with E-state index in [1.165, 1.54) is 12.1 Å². The highest BCUT2D eigenvalue weighted by atomic mass is 19.4. The van der Waals surface area contributed by atoms with E-state index in [-0.39, 0.29) is 35.8 Å². The molecule has 33 heavy (non-hydrogen) atoms. The van der Waals surface area contributed by atoms with Crippen molar-refractivity contribution < 1.29 is 30.7 Å². The third kappa shape index (κ3) is 5.79. The molecule has 4 rings (SSSR count). The number of rotatable bonds is 4. The lowest BCUT2D eigenvalue weighted by molar-refractivity contribution is -0.141. The SMILES string of the molecule is Fc1cc(F)cc(N=C2C=C(c3cccc(C(F)(F)F)n3)NN(NC3CCC(F)(F)C3)N2)c1. The van der Waals surface area contributed by atoms with Crippen molar-refractivity contribution in [1.29, 1.82) is 0 Å². The molecule has 1 atom stereocenters. The van der Waals surface area contributed by atoms with Gasteiger partial charge in [0, 0.05) is 31.0 Å². The number of aliphatic imine (C=N–C) groups is 1. The van der Waals surface area contributed by atoms with Crippen LogP contribution < -0.4 is 16.3 Å². The molecule has 0 radical (unpaired) electrons. The number of hydrogen-bond acceptors (Lipinski definition) is 5. The van der Waals surface area contributed by atoms with Crippen molar-refractivity contribution in [2.75, 3.05) is 0 Å². The van der Waals surface area contributed by atoms with E-state index in [1.54, 1.807) is 0 Å². The van der Waals surface area contributed by atoms with Gasteiger partial charge in [0.05, 0.1) is 17.1 Å². The highest BCUT2D eigenvalue weighted by Crippen LogP contribution is 2.35. The molecule has 3 N–H and O–H groups in total. The summed E-state index contributed by atoms with van der Waals surface area (Å²) in [5.74, 6) is -4.64.